The summed E-state index contributed by atoms with van der Waals surface area (Å²) in [5, 5.41) is 6.58. The van der Waals surface area contributed by atoms with Crippen molar-refractivity contribution in [2.24, 2.45) is 11.3 Å². The molecule has 2 heterocycles. The predicted molar refractivity (Wildman–Crippen MR) is 97.6 cm³/mol. The van der Waals surface area contributed by atoms with Gasteiger partial charge >= 0.3 is 0 Å². The molecule has 1 aromatic carbocycles. The first kappa shape index (κ1) is 18.3. The van der Waals surface area contributed by atoms with E-state index in [9.17, 15) is 9.18 Å². The molecule has 5 heteroatoms. The lowest BCUT2D eigenvalue weighted by Gasteiger charge is -2.36. The largest absolute Gasteiger partial charge is 0.355 e. The number of nitrogens with zero attached hydrogens (tertiary/aromatic N) is 1. The zero-order chi connectivity index (χ0) is 17.7. The molecule has 0 aromatic heterocycles. The number of carbonyl (C=O) groups is 1. The van der Waals surface area contributed by atoms with Gasteiger partial charge in [-0.3, -0.25) is 9.69 Å². The first-order chi connectivity index (χ1) is 12.0. The second-order valence-corrected chi connectivity index (χ2v) is 7.98. The number of rotatable bonds is 5. The molecule has 2 saturated heterocycles. The molecule has 1 atom stereocenters. The van der Waals surface area contributed by atoms with Gasteiger partial charge in [0.05, 0.1) is 5.92 Å². The standard InChI is InChI=1S/C20H30FN3O/c1-20(7-9-22-10-8-20)15-23-19(25)17-5-3-11-24(14-17)13-16-4-2-6-18(21)12-16/h2,4,6,12,17,22H,3,5,7-11,13-15H2,1H3,(H,23,25). The molecule has 2 fully saturated rings. The first-order valence-corrected chi connectivity index (χ1v) is 9.49. The van der Waals surface area contributed by atoms with Gasteiger partial charge < -0.3 is 10.6 Å². The number of piperidine rings is 2. The number of carbonyl (C=O) groups excluding carboxylic acids is 1. The summed E-state index contributed by atoms with van der Waals surface area (Å²) in [6.07, 6.45) is 4.20. The highest BCUT2D eigenvalue weighted by atomic mass is 19.1. The van der Waals surface area contributed by atoms with E-state index in [0.717, 1.165) is 64.0 Å². The van der Waals surface area contributed by atoms with Crippen LogP contribution in [-0.4, -0.2) is 43.5 Å². The molecule has 25 heavy (non-hydrogen) atoms. The van der Waals surface area contributed by atoms with E-state index in [-0.39, 0.29) is 23.1 Å². The summed E-state index contributed by atoms with van der Waals surface area (Å²) in [6.45, 7) is 7.57. The normalized spacial score (nSPS) is 24.0. The van der Waals surface area contributed by atoms with Crippen LogP contribution in [0.15, 0.2) is 24.3 Å². The lowest BCUT2D eigenvalue weighted by atomic mass is 9.81. The van der Waals surface area contributed by atoms with Crippen molar-refractivity contribution in [3.05, 3.63) is 35.6 Å². The maximum Gasteiger partial charge on any atom is 0.224 e. The Morgan fingerprint density at radius 1 is 1.40 bits per heavy atom. The van der Waals surface area contributed by atoms with Gasteiger partial charge in [0.2, 0.25) is 5.91 Å². The van der Waals surface area contributed by atoms with Gasteiger partial charge in [0, 0.05) is 19.6 Å². The third-order valence-electron chi connectivity index (χ3n) is 5.67. The zero-order valence-corrected chi connectivity index (χ0v) is 15.2. The van der Waals surface area contributed by atoms with Crippen molar-refractivity contribution in [1.29, 1.82) is 0 Å². The Kier molecular flexibility index (Phi) is 6.07. The van der Waals surface area contributed by atoms with E-state index < -0.39 is 0 Å². The Morgan fingerprint density at radius 3 is 2.96 bits per heavy atom. The van der Waals surface area contributed by atoms with E-state index in [2.05, 4.69) is 22.5 Å². The zero-order valence-electron chi connectivity index (χ0n) is 15.2. The third-order valence-corrected chi connectivity index (χ3v) is 5.67. The van der Waals surface area contributed by atoms with Gasteiger partial charge in [0.25, 0.3) is 0 Å². The van der Waals surface area contributed by atoms with Gasteiger partial charge in [-0.25, -0.2) is 4.39 Å². The van der Waals surface area contributed by atoms with Crippen LogP contribution in [0, 0.1) is 17.2 Å². The smallest absolute Gasteiger partial charge is 0.224 e. The molecule has 0 aliphatic carbocycles. The first-order valence-electron chi connectivity index (χ1n) is 9.49. The molecular weight excluding hydrogens is 317 g/mol. The molecule has 138 valence electrons. The molecule has 3 rings (SSSR count). The Morgan fingerprint density at radius 2 is 2.20 bits per heavy atom. The topological polar surface area (TPSA) is 44.4 Å². The number of hydrogen-bond donors (Lipinski definition) is 2. The monoisotopic (exact) mass is 347 g/mol. The van der Waals surface area contributed by atoms with Crippen LogP contribution in [0.25, 0.3) is 0 Å². The highest BCUT2D eigenvalue weighted by Crippen LogP contribution is 2.27. The third kappa shape index (κ3) is 5.25. The molecular formula is C20H30FN3O. The molecule has 0 spiro atoms. The fourth-order valence-electron chi connectivity index (χ4n) is 3.96. The fourth-order valence-corrected chi connectivity index (χ4v) is 3.96. The summed E-state index contributed by atoms with van der Waals surface area (Å²) in [4.78, 5) is 14.9. The average Bonchev–Trinajstić information content (AvgIpc) is 2.61. The Hall–Kier alpha value is -1.46. The van der Waals surface area contributed by atoms with Gasteiger partial charge in [-0.1, -0.05) is 19.1 Å². The van der Waals surface area contributed by atoms with Crippen molar-refractivity contribution in [3.63, 3.8) is 0 Å². The molecule has 0 radical (unpaired) electrons. The van der Waals surface area contributed by atoms with Crippen molar-refractivity contribution < 1.29 is 9.18 Å². The highest BCUT2D eigenvalue weighted by Gasteiger charge is 2.30. The van der Waals surface area contributed by atoms with Gasteiger partial charge in [0.1, 0.15) is 5.82 Å². The summed E-state index contributed by atoms with van der Waals surface area (Å²) in [7, 11) is 0. The Bertz CT molecular complexity index is 586. The molecule has 1 aromatic rings. The summed E-state index contributed by atoms with van der Waals surface area (Å²) >= 11 is 0. The maximum absolute atomic E-state index is 13.4. The van der Waals surface area contributed by atoms with Crippen molar-refractivity contribution in [3.8, 4) is 0 Å². The van der Waals surface area contributed by atoms with Crippen molar-refractivity contribution in [2.45, 2.75) is 39.2 Å². The van der Waals surface area contributed by atoms with E-state index in [4.69, 9.17) is 0 Å². The molecule has 0 bridgehead atoms. The summed E-state index contributed by atoms with van der Waals surface area (Å²) < 4.78 is 13.4. The number of halogens is 1. The number of benzene rings is 1. The van der Waals surface area contributed by atoms with Crippen molar-refractivity contribution in [2.75, 3.05) is 32.7 Å². The van der Waals surface area contributed by atoms with Crippen LogP contribution >= 0.6 is 0 Å². The van der Waals surface area contributed by atoms with Crippen LogP contribution in [0.1, 0.15) is 38.2 Å². The van der Waals surface area contributed by atoms with E-state index >= 15 is 0 Å². The number of amides is 1. The van der Waals surface area contributed by atoms with Crippen LogP contribution in [0.5, 0.6) is 0 Å². The van der Waals surface area contributed by atoms with Crippen molar-refractivity contribution >= 4 is 5.91 Å². The number of nitrogens with one attached hydrogen (secondary N) is 2. The molecule has 2 N–H and O–H groups in total. The van der Waals surface area contributed by atoms with Gasteiger partial charge in [0.15, 0.2) is 0 Å². The molecule has 2 aliphatic heterocycles. The number of hydrogen-bond acceptors (Lipinski definition) is 3. The Labute approximate surface area is 150 Å². The quantitative estimate of drug-likeness (QED) is 0.860. The summed E-state index contributed by atoms with van der Waals surface area (Å²) in [5.41, 5.74) is 1.19. The van der Waals surface area contributed by atoms with E-state index in [0.29, 0.717) is 6.54 Å². The minimum absolute atomic E-state index is 0.0487. The second-order valence-electron chi connectivity index (χ2n) is 7.98. The molecule has 1 amide bonds. The van der Waals surface area contributed by atoms with Gasteiger partial charge in [-0.05, 0) is 68.4 Å². The van der Waals surface area contributed by atoms with Crippen LogP contribution < -0.4 is 10.6 Å². The van der Waals surface area contributed by atoms with Crippen LogP contribution in [0.2, 0.25) is 0 Å². The van der Waals surface area contributed by atoms with Gasteiger partial charge in [-0.2, -0.15) is 0 Å². The molecule has 1 unspecified atom stereocenters. The minimum Gasteiger partial charge on any atom is -0.355 e. The maximum atomic E-state index is 13.4. The molecule has 2 aliphatic rings. The fraction of sp³-hybridized carbons (Fsp3) is 0.650. The lowest BCUT2D eigenvalue weighted by molar-refractivity contribution is -0.127. The average molecular weight is 347 g/mol. The molecule has 4 nitrogen and oxygen atoms in total. The predicted octanol–water partition coefficient (Wildman–Crippen LogP) is 2.54. The van der Waals surface area contributed by atoms with E-state index in [1.54, 1.807) is 12.1 Å². The SMILES string of the molecule is CC1(CNC(=O)C2CCCN(Cc3cccc(F)c3)C2)CCNCC1. The summed E-state index contributed by atoms with van der Waals surface area (Å²) in [5.74, 6) is 0.0374. The Balaban J connectivity index is 1.49. The number of likely N-dealkylation sites (tertiary alicyclic amines) is 1. The van der Waals surface area contributed by atoms with Crippen LogP contribution in [-0.2, 0) is 11.3 Å². The van der Waals surface area contributed by atoms with E-state index in [1.807, 2.05) is 6.07 Å². The van der Waals surface area contributed by atoms with Crippen LogP contribution in [0.3, 0.4) is 0 Å². The molecule has 0 saturated carbocycles. The highest BCUT2D eigenvalue weighted by molar-refractivity contribution is 5.79. The van der Waals surface area contributed by atoms with Gasteiger partial charge in [-0.15, -0.1) is 0 Å². The lowest BCUT2D eigenvalue weighted by Crippen LogP contribution is -2.47. The van der Waals surface area contributed by atoms with Crippen molar-refractivity contribution in [1.82, 2.24) is 15.5 Å². The summed E-state index contributed by atoms with van der Waals surface area (Å²) in [6, 6.07) is 6.75. The minimum atomic E-state index is -0.195. The second kappa shape index (κ2) is 8.28. The van der Waals surface area contributed by atoms with E-state index in [1.165, 1.54) is 6.07 Å². The van der Waals surface area contributed by atoms with Crippen LogP contribution in [0.4, 0.5) is 4.39 Å².